The molecule has 0 saturated heterocycles. The average molecular weight is 180 g/mol. The third-order valence-corrected chi connectivity index (χ3v) is 1.44. The maximum Gasteiger partial charge on any atom is 0.366 e. The first-order valence-electron chi connectivity index (χ1n) is 4.16. The molecule has 0 amide bonds. The van der Waals surface area contributed by atoms with E-state index in [0.717, 1.165) is 0 Å². The summed E-state index contributed by atoms with van der Waals surface area (Å²) in [5.74, 6) is 0. The van der Waals surface area contributed by atoms with Crippen LogP contribution in [0.2, 0.25) is 0 Å². The predicted molar refractivity (Wildman–Crippen MR) is 49.6 cm³/mol. The summed E-state index contributed by atoms with van der Waals surface area (Å²) < 4.78 is 2.50. The molecule has 70 valence electrons. The normalized spacial score (nSPS) is 9.46. The lowest BCUT2D eigenvalue weighted by Gasteiger charge is -1.82. The van der Waals surface area contributed by atoms with Crippen molar-refractivity contribution in [2.45, 2.75) is 13.8 Å². The zero-order chi connectivity index (χ0) is 9.84. The molecule has 0 bridgehead atoms. The number of hydrogen-bond acceptors (Lipinski definition) is 3. The Morgan fingerprint density at radius 2 is 2.08 bits per heavy atom. The van der Waals surface area contributed by atoms with Crippen LogP contribution in [-0.2, 0) is 7.05 Å². The first kappa shape index (κ1) is 9.44. The first-order valence-corrected chi connectivity index (χ1v) is 4.16. The van der Waals surface area contributed by atoms with Crippen LogP contribution in [0.25, 0.3) is 5.65 Å². The average Bonchev–Trinajstić information content (AvgIpc) is 2.47. The Bertz CT molecular complexity index is 443. The van der Waals surface area contributed by atoms with Gasteiger partial charge in [-0.15, -0.1) is 5.10 Å². The molecule has 0 spiro atoms. The van der Waals surface area contributed by atoms with Gasteiger partial charge in [-0.3, -0.25) is 0 Å². The lowest BCUT2D eigenvalue weighted by atomic mass is 10.6. The van der Waals surface area contributed by atoms with Gasteiger partial charge >= 0.3 is 5.69 Å². The standard InChI is InChI=1S/C6H6N4O.C2H6/c1-9-6(11)10-5(8-9)3-2-4-7-10;1-2/h2-4H,1H3;1-2H3. The van der Waals surface area contributed by atoms with E-state index >= 15 is 0 Å². The molecule has 2 heterocycles. The van der Waals surface area contributed by atoms with Gasteiger partial charge < -0.3 is 0 Å². The number of hydrogen-bond donors (Lipinski definition) is 0. The van der Waals surface area contributed by atoms with Crippen molar-refractivity contribution in [1.82, 2.24) is 19.4 Å². The lowest BCUT2D eigenvalue weighted by molar-refractivity contribution is 0.717. The molecule has 2 aromatic rings. The molecule has 0 unspecified atom stereocenters. The lowest BCUT2D eigenvalue weighted by Crippen LogP contribution is -2.19. The monoisotopic (exact) mass is 180 g/mol. The van der Waals surface area contributed by atoms with Gasteiger partial charge in [0.05, 0.1) is 0 Å². The third kappa shape index (κ3) is 1.58. The Morgan fingerprint density at radius 1 is 1.38 bits per heavy atom. The largest absolute Gasteiger partial charge is 0.366 e. The molecule has 0 N–H and O–H groups in total. The van der Waals surface area contributed by atoms with Crippen LogP contribution in [0.5, 0.6) is 0 Å². The predicted octanol–water partition coefficient (Wildman–Crippen LogP) is 0.454. The summed E-state index contributed by atoms with van der Waals surface area (Å²) in [4.78, 5) is 11.1. The van der Waals surface area contributed by atoms with Gasteiger partial charge in [-0.05, 0) is 12.1 Å². The van der Waals surface area contributed by atoms with Crippen LogP contribution in [0.3, 0.4) is 0 Å². The Morgan fingerprint density at radius 3 is 2.69 bits per heavy atom. The van der Waals surface area contributed by atoms with Gasteiger partial charge in [-0.25, -0.2) is 9.48 Å². The van der Waals surface area contributed by atoms with Gasteiger partial charge in [0.15, 0.2) is 5.65 Å². The smallest absolute Gasteiger partial charge is 0.244 e. The van der Waals surface area contributed by atoms with E-state index in [1.165, 1.54) is 9.20 Å². The summed E-state index contributed by atoms with van der Waals surface area (Å²) in [7, 11) is 1.59. The highest BCUT2D eigenvalue weighted by atomic mass is 16.2. The number of aromatic nitrogens is 4. The van der Waals surface area contributed by atoms with E-state index in [-0.39, 0.29) is 5.69 Å². The fourth-order valence-corrected chi connectivity index (χ4v) is 0.921. The van der Waals surface area contributed by atoms with Crippen LogP contribution in [0.15, 0.2) is 23.1 Å². The highest BCUT2D eigenvalue weighted by Gasteiger charge is 2.00. The summed E-state index contributed by atoms with van der Waals surface area (Å²) in [6.45, 7) is 4.00. The molecule has 2 rings (SSSR count). The Hall–Kier alpha value is -1.65. The summed E-state index contributed by atoms with van der Waals surface area (Å²) in [6.07, 6.45) is 1.55. The highest BCUT2D eigenvalue weighted by molar-refractivity contribution is 5.32. The van der Waals surface area contributed by atoms with Crippen LogP contribution >= 0.6 is 0 Å². The molecule has 0 fully saturated rings. The fraction of sp³-hybridized carbons (Fsp3) is 0.375. The summed E-state index contributed by atoms with van der Waals surface area (Å²) >= 11 is 0. The summed E-state index contributed by atoms with van der Waals surface area (Å²) in [6, 6.07) is 3.47. The second kappa shape index (κ2) is 3.84. The van der Waals surface area contributed by atoms with E-state index in [2.05, 4.69) is 10.2 Å². The first-order chi connectivity index (χ1) is 6.29. The van der Waals surface area contributed by atoms with Gasteiger partial charge in [0, 0.05) is 13.2 Å². The zero-order valence-electron chi connectivity index (χ0n) is 7.93. The molecule has 0 aliphatic rings. The second-order valence-corrected chi connectivity index (χ2v) is 2.20. The van der Waals surface area contributed by atoms with Crippen LogP contribution in [-0.4, -0.2) is 19.4 Å². The molecule has 0 aliphatic carbocycles. The molecule has 5 heteroatoms. The van der Waals surface area contributed by atoms with E-state index in [9.17, 15) is 4.79 Å². The van der Waals surface area contributed by atoms with Gasteiger partial charge in [0.1, 0.15) is 0 Å². The van der Waals surface area contributed by atoms with Gasteiger partial charge in [0.2, 0.25) is 0 Å². The van der Waals surface area contributed by atoms with Gasteiger partial charge in [-0.2, -0.15) is 9.61 Å². The minimum absolute atomic E-state index is 0.222. The van der Waals surface area contributed by atoms with Crippen molar-refractivity contribution in [3.8, 4) is 0 Å². The minimum Gasteiger partial charge on any atom is -0.244 e. The molecule has 2 aromatic heterocycles. The molecule has 0 aromatic carbocycles. The SMILES string of the molecule is CC.Cn1nc2cccnn2c1=O. The highest BCUT2D eigenvalue weighted by Crippen LogP contribution is 1.89. The van der Waals surface area contributed by atoms with Crippen molar-refractivity contribution in [2.75, 3.05) is 0 Å². The maximum atomic E-state index is 11.1. The molecule has 0 atom stereocenters. The fourth-order valence-electron chi connectivity index (χ4n) is 0.921. The van der Waals surface area contributed by atoms with Crippen molar-refractivity contribution in [3.05, 3.63) is 28.8 Å². The summed E-state index contributed by atoms with van der Waals surface area (Å²) in [5, 5.41) is 7.74. The topological polar surface area (TPSA) is 52.2 Å². The van der Waals surface area contributed by atoms with E-state index in [1.54, 1.807) is 25.4 Å². The number of rotatable bonds is 0. The summed E-state index contributed by atoms with van der Waals surface area (Å²) in [5.41, 5.74) is 0.348. The van der Waals surface area contributed by atoms with Crippen LogP contribution in [0, 0.1) is 0 Å². The van der Waals surface area contributed by atoms with E-state index < -0.39 is 0 Å². The van der Waals surface area contributed by atoms with Crippen LogP contribution in [0.1, 0.15) is 13.8 Å². The molecule has 0 radical (unpaired) electrons. The van der Waals surface area contributed by atoms with Crippen molar-refractivity contribution in [1.29, 1.82) is 0 Å². The van der Waals surface area contributed by atoms with Gasteiger partial charge in [0.25, 0.3) is 0 Å². The van der Waals surface area contributed by atoms with Crippen LogP contribution < -0.4 is 5.69 Å². The van der Waals surface area contributed by atoms with Crippen molar-refractivity contribution >= 4 is 5.65 Å². The quantitative estimate of drug-likeness (QED) is 0.591. The second-order valence-electron chi connectivity index (χ2n) is 2.20. The molecule has 13 heavy (non-hydrogen) atoms. The molecule has 5 nitrogen and oxygen atoms in total. The van der Waals surface area contributed by atoms with E-state index in [4.69, 9.17) is 0 Å². The Labute approximate surface area is 75.6 Å². The third-order valence-electron chi connectivity index (χ3n) is 1.44. The number of aryl methyl sites for hydroxylation is 1. The Kier molecular flexibility index (Phi) is 2.79. The molecular weight excluding hydrogens is 168 g/mol. The molecule has 0 saturated carbocycles. The maximum absolute atomic E-state index is 11.1. The van der Waals surface area contributed by atoms with Crippen LogP contribution in [0.4, 0.5) is 0 Å². The van der Waals surface area contributed by atoms with Crippen molar-refractivity contribution < 1.29 is 0 Å². The Balaban J connectivity index is 0.000000396. The number of nitrogens with zero attached hydrogens (tertiary/aromatic N) is 4. The van der Waals surface area contributed by atoms with Crippen molar-refractivity contribution in [2.24, 2.45) is 7.05 Å². The molecule has 0 aliphatic heterocycles. The van der Waals surface area contributed by atoms with Gasteiger partial charge in [-0.1, -0.05) is 13.8 Å². The number of fused-ring (bicyclic) bond motifs is 1. The van der Waals surface area contributed by atoms with E-state index in [1.807, 2.05) is 13.8 Å². The molecular formula is C8H12N4O. The zero-order valence-corrected chi connectivity index (χ0v) is 7.93. The minimum atomic E-state index is -0.222. The van der Waals surface area contributed by atoms with Crippen molar-refractivity contribution in [3.63, 3.8) is 0 Å². The van der Waals surface area contributed by atoms with E-state index in [0.29, 0.717) is 5.65 Å².